The number of aryl methyl sites for hydroxylation is 2. The van der Waals surface area contributed by atoms with Crippen LogP contribution in [0.15, 0.2) is 24.3 Å². The first kappa shape index (κ1) is 17.9. The number of nitrogens with one attached hydrogen (secondary N) is 1. The maximum absolute atomic E-state index is 11.9. The highest BCUT2D eigenvalue weighted by Gasteiger charge is 2.26. The van der Waals surface area contributed by atoms with E-state index in [2.05, 4.69) is 36.5 Å². The normalized spacial score (nSPS) is 16.8. The van der Waals surface area contributed by atoms with Crippen LogP contribution in [0.2, 0.25) is 0 Å². The van der Waals surface area contributed by atoms with Gasteiger partial charge in [0.05, 0.1) is 0 Å². The lowest BCUT2D eigenvalue weighted by molar-refractivity contribution is -0.122. The molecule has 1 unspecified atom stereocenters. The molecule has 1 aliphatic heterocycles. The number of rotatable bonds is 5. The van der Waals surface area contributed by atoms with Gasteiger partial charge in [-0.2, -0.15) is 0 Å². The van der Waals surface area contributed by atoms with Crippen LogP contribution in [0.1, 0.15) is 51.2 Å². The van der Waals surface area contributed by atoms with E-state index in [-0.39, 0.29) is 5.92 Å². The van der Waals surface area contributed by atoms with Crippen LogP contribution in [-0.2, 0) is 11.2 Å². The monoisotopic (exact) mass is 289 g/mol. The van der Waals surface area contributed by atoms with Gasteiger partial charge in [0.25, 0.3) is 0 Å². The first-order chi connectivity index (χ1) is 10.2. The Kier molecular flexibility index (Phi) is 8.29. The standard InChI is InChI=1S/C17H25NO.C2H6/c1-13-5-3-4-6-15(13)7-8-17(14(2)19)16-9-11-18-12-10-16;1-2/h3-6,16-18H,7-12H2,1-2H3;1-2H3. The molecule has 0 aromatic heterocycles. The zero-order valence-corrected chi connectivity index (χ0v) is 14.1. The van der Waals surface area contributed by atoms with Crippen molar-refractivity contribution in [2.75, 3.05) is 13.1 Å². The van der Waals surface area contributed by atoms with Gasteiger partial charge in [-0.15, -0.1) is 0 Å². The van der Waals surface area contributed by atoms with E-state index in [9.17, 15) is 4.79 Å². The zero-order chi connectivity index (χ0) is 15.7. The lowest BCUT2D eigenvalue weighted by Crippen LogP contribution is -2.34. The van der Waals surface area contributed by atoms with Gasteiger partial charge in [-0.05, 0) is 69.7 Å². The molecule has 1 N–H and O–H groups in total. The van der Waals surface area contributed by atoms with Crippen molar-refractivity contribution in [2.45, 2.75) is 53.4 Å². The molecule has 0 saturated carbocycles. The summed E-state index contributed by atoms with van der Waals surface area (Å²) in [4.78, 5) is 11.9. The summed E-state index contributed by atoms with van der Waals surface area (Å²) in [5.41, 5.74) is 2.73. The Morgan fingerprint density at radius 3 is 2.43 bits per heavy atom. The quantitative estimate of drug-likeness (QED) is 0.882. The fourth-order valence-corrected chi connectivity index (χ4v) is 3.22. The molecule has 0 radical (unpaired) electrons. The molecule has 2 rings (SSSR count). The van der Waals surface area contributed by atoms with Gasteiger partial charge in [0.15, 0.2) is 0 Å². The largest absolute Gasteiger partial charge is 0.317 e. The number of ketones is 1. The molecule has 2 heteroatoms. The maximum atomic E-state index is 11.9. The van der Waals surface area contributed by atoms with Gasteiger partial charge in [-0.25, -0.2) is 0 Å². The molecule has 118 valence electrons. The molecule has 1 atom stereocenters. The lowest BCUT2D eigenvalue weighted by atomic mass is 9.79. The molecule has 1 heterocycles. The molecule has 0 spiro atoms. The van der Waals surface area contributed by atoms with Crippen molar-refractivity contribution in [3.8, 4) is 0 Å². The summed E-state index contributed by atoms with van der Waals surface area (Å²) in [5, 5.41) is 3.38. The molecule has 1 aromatic rings. The van der Waals surface area contributed by atoms with Crippen LogP contribution < -0.4 is 5.32 Å². The number of benzene rings is 1. The number of carbonyl (C=O) groups is 1. The third kappa shape index (κ3) is 5.62. The van der Waals surface area contributed by atoms with Gasteiger partial charge >= 0.3 is 0 Å². The molecule has 2 nitrogen and oxygen atoms in total. The first-order valence-electron chi connectivity index (χ1n) is 8.44. The zero-order valence-electron chi connectivity index (χ0n) is 14.1. The van der Waals surface area contributed by atoms with Crippen LogP contribution >= 0.6 is 0 Å². The Morgan fingerprint density at radius 2 is 1.86 bits per heavy atom. The van der Waals surface area contributed by atoms with E-state index in [1.807, 2.05) is 13.8 Å². The van der Waals surface area contributed by atoms with Crippen LogP contribution in [-0.4, -0.2) is 18.9 Å². The Balaban J connectivity index is 0.00000106. The first-order valence-corrected chi connectivity index (χ1v) is 8.44. The van der Waals surface area contributed by atoms with E-state index < -0.39 is 0 Å². The minimum atomic E-state index is 0.252. The number of Topliss-reactive ketones (excluding diaryl/α,β-unsaturated/α-hetero) is 1. The number of carbonyl (C=O) groups excluding carboxylic acids is 1. The number of piperidine rings is 1. The summed E-state index contributed by atoms with van der Waals surface area (Å²) in [6.45, 7) is 10.1. The number of hydrogen-bond acceptors (Lipinski definition) is 2. The predicted molar refractivity (Wildman–Crippen MR) is 90.6 cm³/mol. The second-order valence-corrected chi connectivity index (χ2v) is 5.77. The van der Waals surface area contributed by atoms with Gasteiger partial charge in [0, 0.05) is 5.92 Å². The molecule has 1 fully saturated rings. The molecule has 0 amide bonds. The van der Waals surface area contributed by atoms with Crippen LogP contribution in [0.4, 0.5) is 0 Å². The van der Waals surface area contributed by atoms with E-state index in [4.69, 9.17) is 0 Å². The van der Waals surface area contributed by atoms with E-state index in [0.29, 0.717) is 11.7 Å². The minimum absolute atomic E-state index is 0.252. The Bertz CT molecular complexity index is 421. The SMILES string of the molecule is CC.CC(=O)C(CCc1ccccc1C)C1CCNCC1. The Labute approximate surface area is 130 Å². The van der Waals surface area contributed by atoms with Crippen molar-refractivity contribution in [2.24, 2.45) is 11.8 Å². The molecular weight excluding hydrogens is 258 g/mol. The average molecular weight is 289 g/mol. The number of hydrogen-bond donors (Lipinski definition) is 1. The summed E-state index contributed by atoms with van der Waals surface area (Å²) in [6.07, 6.45) is 4.34. The smallest absolute Gasteiger partial charge is 0.133 e. The van der Waals surface area contributed by atoms with Gasteiger partial charge in [-0.3, -0.25) is 4.79 Å². The molecule has 1 aliphatic rings. The lowest BCUT2D eigenvalue weighted by Gasteiger charge is -2.29. The summed E-state index contributed by atoms with van der Waals surface area (Å²) >= 11 is 0. The van der Waals surface area contributed by atoms with E-state index in [0.717, 1.165) is 38.8 Å². The Morgan fingerprint density at radius 1 is 1.24 bits per heavy atom. The van der Waals surface area contributed by atoms with E-state index in [1.54, 1.807) is 6.92 Å². The predicted octanol–water partition coefficient (Wildman–Crippen LogP) is 4.16. The summed E-state index contributed by atoms with van der Waals surface area (Å²) in [6, 6.07) is 8.52. The van der Waals surface area contributed by atoms with Crippen LogP contribution in [0.3, 0.4) is 0 Å². The Hall–Kier alpha value is -1.15. The minimum Gasteiger partial charge on any atom is -0.317 e. The van der Waals surface area contributed by atoms with E-state index in [1.165, 1.54) is 11.1 Å². The molecule has 1 aromatic carbocycles. The summed E-state index contributed by atoms with van der Waals surface area (Å²) in [7, 11) is 0. The molecule has 0 aliphatic carbocycles. The van der Waals surface area contributed by atoms with Crippen molar-refractivity contribution in [1.82, 2.24) is 5.32 Å². The van der Waals surface area contributed by atoms with Crippen molar-refractivity contribution in [3.63, 3.8) is 0 Å². The van der Waals surface area contributed by atoms with Crippen molar-refractivity contribution >= 4 is 5.78 Å². The molecule has 1 saturated heterocycles. The summed E-state index contributed by atoms with van der Waals surface area (Å²) < 4.78 is 0. The van der Waals surface area contributed by atoms with Crippen molar-refractivity contribution in [3.05, 3.63) is 35.4 Å². The maximum Gasteiger partial charge on any atom is 0.133 e. The molecular formula is C19H31NO. The highest BCUT2D eigenvalue weighted by Crippen LogP contribution is 2.27. The molecule has 0 bridgehead atoms. The topological polar surface area (TPSA) is 29.1 Å². The average Bonchev–Trinajstić information content (AvgIpc) is 2.52. The third-order valence-electron chi connectivity index (χ3n) is 4.46. The fraction of sp³-hybridized carbons (Fsp3) is 0.632. The van der Waals surface area contributed by atoms with Crippen molar-refractivity contribution in [1.29, 1.82) is 0 Å². The third-order valence-corrected chi connectivity index (χ3v) is 4.46. The van der Waals surface area contributed by atoms with Gasteiger partial charge in [-0.1, -0.05) is 38.1 Å². The van der Waals surface area contributed by atoms with E-state index >= 15 is 0 Å². The van der Waals surface area contributed by atoms with Crippen LogP contribution in [0.5, 0.6) is 0 Å². The fourth-order valence-electron chi connectivity index (χ4n) is 3.22. The van der Waals surface area contributed by atoms with Crippen molar-refractivity contribution < 1.29 is 4.79 Å². The highest BCUT2D eigenvalue weighted by molar-refractivity contribution is 5.78. The second-order valence-electron chi connectivity index (χ2n) is 5.77. The highest BCUT2D eigenvalue weighted by atomic mass is 16.1. The second kappa shape index (κ2) is 9.73. The molecule has 21 heavy (non-hydrogen) atoms. The van der Waals surface area contributed by atoms with Crippen LogP contribution in [0, 0.1) is 18.8 Å². The van der Waals surface area contributed by atoms with Gasteiger partial charge < -0.3 is 5.32 Å². The van der Waals surface area contributed by atoms with Gasteiger partial charge in [0.1, 0.15) is 5.78 Å². The summed E-state index contributed by atoms with van der Waals surface area (Å²) in [5.74, 6) is 1.21. The van der Waals surface area contributed by atoms with Gasteiger partial charge in [0.2, 0.25) is 0 Å². The van der Waals surface area contributed by atoms with Crippen LogP contribution in [0.25, 0.3) is 0 Å².